The first-order chi connectivity index (χ1) is 12.0. The first-order valence-electron chi connectivity index (χ1n) is 7.75. The van der Waals surface area contributed by atoms with Crippen molar-refractivity contribution in [2.24, 2.45) is 0 Å². The van der Waals surface area contributed by atoms with Gasteiger partial charge in [0.1, 0.15) is 5.56 Å². The molecule has 0 saturated carbocycles. The number of benzene rings is 2. The van der Waals surface area contributed by atoms with Crippen LogP contribution in [0.3, 0.4) is 0 Å². The monoisotopic (exact) mass is 376 g/mol. The molecule has 0 bridgehead atoms. The van der Waals surface area contributed by atoms with Crippen molar-refractivity contribution >= 4 is 35.1 Å². The first-order valence-corrected chi connectivity index (χ1v) is 10.1. The van der Waals surface area contributed by atoms with Crippen LogP contribution >= 0.6 is 23.5 Å². The highest BCUT2D eigenvalue weighted by molar-refractivity contribution is 7.98. The van der Waals surface area contributed by atoms with Crippen molar-refractivity contribution in [2.75, 3.05) is 18.6 Å². The molecule has 1 N–H and O–H groups in total. The second-order valence-electron chi connectivity index (χ2n) is 5.43. The number of nitrogens with zero attached hydrogens (tertiary/aromatic N) is 1. The predicted octanol–water partition coefficient (Wildman–Crippen LogP) is 4.29. The minimum atomic E-state index is -0.523. The number of amides is 1. The number of hydrogen-bond acceptors (Lipinski definition) is 5. The number of aryl methyl sites for hydroxylation is 1. The molecule has 0 spiro atoms. The molecule has 7 heteroatoms. The molecular formula is C18H20N2O3S2. The molecule has 0 aliphatic rings. The van der Waals surface area contributed by atoms with Crippen molar-refractivity contribution in [1.82, 2.24) is 5.32 Å². The number of nitro benzene ring substituents is 1. The van der Waals surface area contributed by atoms with Gasteiger partial charge in [-0.25, -0.2) is 0 Å². The third-order valence-corrected chi connectivity index (χ3v) is 5.32. The van der Waals surface area contributed by atoms with Crippen LogP contribution in [0.4, 0.5) is 5.69 Å². The van der Waals surface area contributed by atoms with Gasteiger partial charge in [-0.15, -0.1) is 11.8 Å². The average Bonchev–Trinajstić information content (AvgIpc) is 2.62. The molecule has 2 rings (SSSR count). The Labute approximate surface area is 155 Å². The van der Waals surface area contributed by atoms with Crippen LogP contribution in [-0.4, -0.2) is 29.4 Å². The number of thioether (sulfide) groups is 2. The van der Waals surface area contributed by atoms with Crippen molar-refractivity contribution in [3.63, 3.8) is 0 Å². The van der Waals surface area contributed by atoms with E-state index in [4.69, 9.17) is 0 Å². The smallest absolute Gasteiger partial charge is 0.282 e. The number of carbonyl (C=O) groups is 1. The second-order valence-corrected chi connectivity index (χ2v) is 7.42. The van der Waals surface area contributed by atoms with Crippen LogP contribution in [0.2, 0.25) is 0 Å². The van der Waals surface area contributed by atoms with E-state index in [2.05, 4.69) is 36.5 Å². The van der Waals surface area contributed by atoms with Gasteiger partial charge in [0.25, 0.3) is 11.6 Å². The molecule has 0 aromatic heterocycles. The van der Waals surface area contributed by atoms with Crippen LogP contribution in [0, 0.1) is 17.0 Å². The SMILES string of the molecule is CSc1ccc([N+](=O)[O-])c(C(=O)NCCSCc2ccc(C)cc2)c1. The largest absolute Gasteiger partial charge is 0.351 e. The molecule has 5 nitrogen and oxygen atoms in total. The van der Waals surface area contributed by atoms with Gasteiger partial charge in [-0.2, -0.15) is 11.8 Å². The molecule has 0 heterocycles. The van der Waals surface area contributed by atoms with E-state index >= 15 is 0 Å². The molecule has 0 radical (unpaired) electrons. The second kappa shape index (κ2) is 9.48. The Bertz CT molecular complexity index is 748. The van der Waals surface area contributed by atoms with E-state index in [1.165, 1.54) is 29.0 Å². The van der Waals surface area contributed by atoms with Crippen LogP contribution in [0.25, 0.3) is 0 Å². The van der Waals surface area contributed by atoms with Crippen molar-refractivity contribution < 1.29 is 9.72 Å². The number of carbonyl (C=O) groups excluding carboxylic acids is 1. The van der Waals surface area contributed by atoms with E-state index in [0.29, 0.717) is 6.54 Å². The van der Waals surface area contributed by atoms with Crippen LogP contribution in [-0.2, 0) is 5.75 Å². The predicted molar refractivity (Wildman–Crippen MR) is 105 cm³/mol. The summed E-state index contributed by atoms with van der Waals surface area (Å²) in [5.74, 6) is 1.21. The summed E-state index contributed by atoms with van der Waals surface area (Å²) >= 11 is 3.16. The Kier molecular flexibility index (Phi) is 7.33. The number of nitro groups is 1. The highest BCUT2D eigenvalue weighted by Gasteiger charge is 2.20. The van der Waals surface area contributed by atoms with Crippen molar-refractivity contribution in [1.29, 1.82) is 0 Å². The van der Waals surface area contributed by atoms with Crippen LogP contribution < -0.4 is 5.32 Å². The van der Waals surface area contributed by atoms with Gasteiger partial charge in [0.15, 0.2) is 0 Å². The highest BCUT2D eigenvalue weighted by Crippen LogP contribution is 2.24. The molecule has 1 amide bonds. The summed E-state index contributed by atoms with van der Waals surface area (Å²) in [6.07, 6.45) is 1.87. The fourth-order valence-corrected chi connectivity index (χ4v) is 3.45. The lowest BCUT2D eigenvalue weighted by Gasteiger charge is -2.07. The fourth-order valence-electron chi connectivity index (χ4n) is 2.19. The van der Waals surface area contributed by atoms with Gasteiger partial charge >= 0.3 is 0 Å². The standard InChI is InChI=1S/C18H20N2O3S2/c1-13-3-5-14(6-4-13)12-25-10-9-19-18(21)16-11-15(24-2)7-8-17(16)20(22)23/h3-8,11H,9-10,12H2,1-2H3,(H,19,21). The molecule has 2 aromatic carbocycles. The van der Waals surface area contributed by atoms with Crippen LogP contribution in [0.5, 0.6) is 0 Å². The number of hydrogen-bond donors (Lipinski definition) is 1. The van der Waals surface area contributed by atoms with E-state index in [0.717, 1.165) is 16.4 Å². The van der Waals surface area contributed by atoms with Gasteiger partial charge in [0.2, 0.25) is 0 Å². The molecule has 0 atom stereocenters. The minimum absolute atomic E-state index is 0.111. The topological polar surface area (TPSA) is 72.2 Å². The maximum atomic E-state index is 12.3. The summed E-state index contributed by atoms with van der Waals surface area (Å²) in [7, 11) is 0. The van der Waals surface area contributed by atoms with Crippen molar-refractivity contribution in [3.05, 3.63) is 69.3 Å². The minimum Gasteiger partial charge on any atom is -0.351 e. The van der Waals surface area contributed by atoms with Gasteiger partial charge in [0.05, 0.1) is 4.92 Å². The molecule has 0 aliphatic carbocycles. The number of nitrogens with one attached hydrogen (secondary N) is 1. The molecule has 0 fully saturated rings. The van der Waals surface area contributed by atoms with E-state index < -0.39 is 10.8 Å². The average molecular weight is 377 g/mol. The zero-order valence-electron chi connectivity index (χ0n) is 14.2. The summed E-state index contributed by atoms with van der Waals surface area (Å²) in [6.45, 7) is 2.52. The zero-order valence-corrected chi connectivity index (χ0v) is 15.8. The highest BCUT2D eigenvalue weighted by atomic mass is 32.2. The number of rotatable bonds is 8. The zero-order chi connectivity index (χ0) is 18.2. The summed E-state index contributed by atoms with van der Waals surface area (Å²) in [5, 5.41) is 13.9. The first kappa shape index (κ1) is 19.3. The van der Waals surface area contributed by atoms with E-state index in [1.54, 1.807) is 23.9 Å². The van der Waals surface area contributed by atoms with Crippen molar-refractivity contribution in [3.8, 4) is 0 Å². The Balaban J connectivity index is 1.85. The third-order valence-electron chi connectivity index (χ3n) is 3.57. The summed E-state index contributed by atoms with van der Waals surface area (Å²) in [4.78, 5) is 23.7. The lowest BCUT2D eigenvalue weighted by molar-refractivity contribution is -0.385. The van der Waals surface area contributed by atoms with Crippen LogP contribution in [0.15, 0.2) is 47.4 Å². The fraction of sp³-hybridized carbons (Fsp3) is 0.278. The van der Waals surface area contributed by atoms with Gasteiger partial charge in [-0.1, -0.05) is 29.8 Å². The Hall–Kier alpha value is -1.99. The normalized spacial score (nSPS) is 10.5. The van der Waals surface area contributed by atoms with E-state index in [1.807, 2.05) is 6.26 Å². The van der Waals surface area contributed by atoms with Gasteiger partial charge in [-0.05, 0) is 30.9 Å². The maximum Gasteiger partial charge on any atom is 0.282 e. The molecule has 132 valence electrons. The summed E-state index contributed by atoms with van der Waals surface area (Å²) in [5.41, 5.74) is 2.42. The summed E-state index contributed by atoms with van der Waals surface area (Å²) < 4.78 is 0. The molecule has 25 heavy (non-hydrogen) atoms. The third kappa shape index (κ3) is 5.79. The Morgan fingerprint density at radius 2 is 1.92 bits per heavy atom. The molecule has 0 unspecified atom stereocenters. The lowest BCUT2D eigenvalue weighted by Crippen LogP contribution is -2.26. The van der Waals surface area contributed by atoms with Gasteiger partial charge in [0, 0.05) is 29.0 Å². The summed E-state index contributed by atoms with van der Waals surface area (Å²) in [6, 6.07) is 12.9. The van der Waals surface area contributed by atoms with Crippen LogP contribution in [0.1, 0.15) is 21.5 Å². The lowest BCUT2D eigenvalue weighted by atomic mass is 10.1. The van der Waals surface area contributed by atoms with Gasteiger partial charge < -0.3 is 5.32 Å². The Morgan fingerprint density at radius 3 is 2.56 bits per heavy atom. The molecule has 0 aliphatic heterocycles. The maximum absolute atomic E-state index is 12.3. The molecular weight excluding hydrogens is 356 g/mol. The Morgan fingerprint density at radius 1 is 1.20 bits per heavy atom. The quantitative estimate of drug-likeness (QED) is 0.322. The molecule has 0 saturated heterocycles. The van der Waals surface area contributed by atoms with Crippen molar-refractivity contribution in [2.45, 2.75) is 17.6 Å². The van der Waals surface area contributed by atoms with Gasteiger partial charge in [-0.3, -0.25) is 14.9 Å². The van der Waals surface area contributed by atoms with E-state index in [-0.39, 0.29) is 11.3 Å². The molecule has 2 aromatic rings. The van der Waals surface area contributed by atoms with E-state index in [9.17, 15) is 14.9 Å².